The highest BCUT2D eigenvalue weighted by Gasteiger charge is 2.30. The average molecular weight is 373 g/mol. The fourth-order valence-corrected chi connectivity index (χ4v) is 3.91. The quantitative estimate of drug-likeness (QED) is 0.827. The minimum absolute atomic E-state index is 0.763. The Morgan fingerprint density at radius 2 is 1.87 bits per heavy atom. The number of hydrogen-bond acceptors (Lipinski definition) is 4. The fourth-order valence-electron chi connectivity index (χ4n) is 3.65. The number of halogens is 1. The summed E-state index contributed by atoms with van der Waals surface area (Å²) in [6, 6.07) is 13.2. The SMILES string of the molecule is Brc1ccc(-c2ccc(CN3CCN4CCCC4C3)nn2)cc1. The van der Waals surface area contributed by atoms with Crippen LogP contribution in [-0.4, -0.2) is 52.2 Å². The van der Waals surface area contributed by atoms with Crippen molar-refractivity contribution < 1.29 is 0 Å². The maximum Gasteiger partial charge on any atom is 0.0929 e. The molecule has 0 spiro atoms. The molecule has 4 nitrogen and oxygen atoms in total. The summed E-state index contributed by atoms with van der Waals surface area (Å²) in [6.07, 6.45) is 2.71. The van der Waals surface area contributed by atoms with Crippen LogP contribution in [0.15, 0.2) is 40.9 Å². The molecule has 0 radical (unpaired) electrons. The summed E-state index contributed by atoms with van der Waals surface area (Å²) in [5, 5.41) is 8.85. The minimum Gasteiger partial charge on any atom is -0.298 e. The smallest absolute Gasteiger partial charge is 0.0929 e. The van der Waals surface area contributed by atoms with Crippen LogP contribution in [0.1, 0.15) is 18.5 Å². The number of rotatable bonds is 3. The van der Waals surface area contributed by atoms with Gasteiger partial charge in [0.05, 0.1) is 11.4 Å². The maximum atomic E-state index is 4.44. The van der Waals surface area contributed by atoms with Gasteiger partial charge in [-0.05, 0) is 43.7 Å². The lowest BCUT2D eigenvalue weighted by Crippen LogP contribution is -2.49. The first-order chi connectivity index (χ1) is 11.3. The highest BCUT2D eigenvalue weighted by atomic mass is 79.9. The molecule has 2 aliphatic rings. The second kappa shape index (κ2) is 6.67. The van der Waals surface area contributed by atoms with Gasteiger partial charge in [-0.2, -0.15) is 10.2 Å². The van der Waals surface area contributed by atoms with Gasteiger partial charge in [-0.15, -0.1) is 0 Å². The van der Waals surface area contributed by atoms with Crippen LogP contribution in [0.5, 0.6) is 0 Å². The van der Waals surface area contributed by atoms with Crippen molar-refractivity contribution in [2.24, 2.45) is 0 Å². The van der Waals surface area contributed by atoms with Crippen molar-refractivity contribution >= 4 is 15.9 Å². The van der Waals surface area contributed by atoms with E-state index >= 15 is 0 Å². The molecule has 0 bridgehead atoms. The van der Waals surface area contributed by atoms with Gasteiger partial charge in [0.2, 0.25) is 0 Å². The molecule has 120 valence electrons. The van der Waals surface area contributed by atoms with E-state index in [1.54, 1.807) is 0 Å². The van der Waals surface area contributed by atoms with E-state index in [1.165, 1.54) is 32.5 Å². The van der Waals surface area contributed by atoms with E-state index in [0.29, 0.717) is 0 Å². The Hall–Kier alpha value is -1.30. The van der Waals surface area contributed by atoms with Gasteiger partial charge in [-0.1, -0.05) is 28.1 Å². The van der Waals surface area contributed by atoms with Crippen molar-refractivity contribution in [1.82, 2.24) is 20.0 Å². The zero-order chi connectivity index (χ0) is 15.6. The first-order valence-electron chi connectivity index (χ1n) is 8.33. The van der Waals surface area contributed by atoms with E-state index in [9.17, 15) is 0 Å². The molecular weight excluding hydrogens is 352 g/mol. The predicted octanol–water partition coefficient (Wildman–Crippen LogP) is 3.19. The van der Waals surface area contributed by atoms with Gasteiger partial charge in [0, 0.05) is 42.3 Å². The Balaban J connectivity index is 1.41. The summed E-state index contributed by atoms with van der Waals surface area (Å²) in [6.45, 7) is 5.73. The van der Waals surface area contributed by atoms with Crippen LogP contribution in [0.3, 0.4) is 0 Å². The Labute approximate surface area is 145 Å². The molecule has 2 fully saturated rings. The minimum atomic E-state index is 0.763. The lowest BCUT2D eigenvalue weighted by Gasteiger charge is -2.37. The van der Waals surface area contributed by atoms with E-state index in [4.69, 9.17) is 0 Å². The maximum absolute atomic E-state index is 4.44. The molecule has 4 rings (SSSR count). The van der Waals surface area contributed by atoms with Gasteiger partial charge in [0.1, 0.15) is 0 Å². The first-order valence-corrected chi connectivity index (χ1v) is 9.12. The number of benzene rings is 1. The molecule has 0 N–H and O–H groups in total. The molecule has 23 heavy (non-hydrogen) atoms. The van der Waals surface area contributed by atoms with Crippen molar-refractivity contribution in [3.8, 4) is 11.3 Å². The number of aromatic nitrogens is 2. The third-order valence-corrected chi connectivity index (χ3v) is 5.45. The number of piperazine rings is 1. The molecule has 1 unspecified atom stereocenters. The lowest BCUT2D eigenvalue weighted by atomic mass is 10.1. The molecule has 3 heterocycles. The van der Waals surface area contributed by atoms with Crippen LogP contribution in [0, 0.1) is 0 Å². The molecule has 2 aromatic rings. The predicted molar refractivity (Wildman–Crippen MR) is 95.0 cm³/mol. The molecule has 5 heteroatoms. The summed E-state index contributed by atoms with van der Waals surface area (Å²) in [5.41, 5.74) is 3.10. The molecule has 1 aromatic carbocycles. The van der Waals surface area contributed by atoms with Crippen molar-refractivity contribution in [3.05, 3.63) is 46.6 Å². The Kier molecular flexibility index (Phi) is 4.42. The zero-order valence-corrected chi connectivity index (χ0v) is 14.7. The highest BCUT2D eigenvalue weighted by molar-refractivity contribution is 9.10. The van der Waals surface area contributed by atoms with Crippen molar-refractivity contribution in [2.75, 3.05) is 26.2 Å². The molecule has 1 aromatic heterocycles. The normalized spacial score (nSPS) is 22.2. The van der Waals surface area contributed by atoms with Gasteiger partial charge in [-0.3, -0.25) is 9.80 Å². The third kappa shape index (κ3) is 3.47. The van der Waals surface area contributed by atoms with Gasteiger partial charge in [0.25, 0.3) is 0 Å². The van der Waals surface area contributed by atoms with Crippen molar-refractivity contribution in [3.63, 3.8) is 0 Å². The molecule has 0 amide bonds. The largest absolute Gasteiger partial charge is 0.298 e. The van der Waals surface area contributed by atoms with Gasteiger partial charge >= 0.3 is 0 Å². The Morgan fingerprint density at radius 3 is 2.65 bits per heavy atom. The van der Waals surface area contributed by atoms with Gasteiger partial charge < -0.3 is 0 Å². The molecule has 1 atom stereocenters. The van der Waals surface area contributed by atoms with E-state index in [0.717, 1.165) is 40.6 Å². The van der Waals surface area contributed by atoms with E-state index < -0.39 is 0 Å². The first kappa shape index (κ1) is 15.2. The van der Waals surface area contributed by atoms with Gasteiger partial charge in [-0.25, -0.2) is 0 Å². The second-order valence-corrected chi connectivity index (χ2v) is 7.40. The molecule has 0 aliphatic carbocycles. The molecule has 2 saturated heterocycles. The standard InChI is InChI=1S/C18H21BrN4/c19-15-5-3-14(4-6-15)18-8-7-16(20-21-18)12-22-10-11-23-9-1-2-17(23)13-22/h3-8,17H,1-2,9-13H2. The summed E-state index contributed by atoms with van der Waals surface area (Å²) in [7, 11) is 0. The van der Waals surface area contributed by atoms with Crippen LogP contribution in [0.4, 0.5) is 0 Å². The van der Waals surface area contributed by atoms with Gasteiger partial charge in [0.15, 0.2) is 0 Å². The number of hydrogen-bond donors (Lipinski definition) is 0. The van der Waals surface area contributed by atoms with Crippen molar-refractivity contribution in [1.29, 1.82) is 0 Å². The lowest BCUT2D eigenvalue weighted by molar-refractivity contribution is 0.0982. The van der Waals surface area contributed by atoms with E-state index in [-0.39, 0.29) is 0 Å². The second-order valence-electron chi connectivity index (χ2n) is 6.48. The zero-order valence-electron chi connectivity index (χ0n) is 13.2. The molecule has 2 aliphatic heterocycles. The number of fused-ring (bicyclic) bond motifs is 1. The average Bonchev–Trinajstić information content (AvgIpc) is 3.04. The summed E-state index contributed by atoms with van der Waals surface area (Å²) < 4.78 is 1.08. The Morgan fingerprint density at radius 1 is 1.00 bits per heavy atom. The monoisotopic (exact) mass is 372 g/mol. The van der Waals surface area contributed by atoms with E-state index in [1.807, 2.05) is 12.1 Å². The third-order valence-electron chi connectivity index (χ3n) is 4.92. The summed E-state index contributed by atoms with van der Waals surface area (Å²) in [5.74, 6) is 0. The number of nitrogens with zero attached hydrogens (tertiary/aromatic N) is 4. The summed E-state index contributed by atoms with van der Waals surface area (Å²) >= 11 is 3.46. The Bertz CT molecular complexity index is 656. The molecule has 0 saturated carbocycles. The van der Waals surface area contributed by atoms with Crippen LogP contribution in [0.25, 0.3) is 11.3 Å². The highest BCUT2D eigenvalue weighted by Crippen LogP contribution is 2.23. The van der Waals surface area contributed by atoms with Crippen LogP contribution >= 0.6 is 15.9 Å². The summed E-state index contributed by atoms with van der Waals surface area (Å²) in [4.78, 5) is 5.16. The fraction of sp³-hybridized carbons (Fsp3) is 0.444. The van der Waals surface area contributed by atoms with Crippen LogP contribution in [-0.2, 0) is 6.54 Å². The molecular formula is C18H21BrN4. The van der Waals surface area contributed by atoms with Crippen LogP contribution in [0.2, 0.25) is 0 Å². The van der Waals surface area contributed by atoms with Crippen LogP contribution < -0.4 is 0 Å². The van der Waals surface area contributed by atoms with E-state index in [2.05, 4.69) is 60.2 Å². The topological polar surface area (TPSA) is 32.3 Å². The van der Waals surface area contributed by atoms with Crippen molar-refractivity contribution in [2.45, 2.75) is 25.4 Å².